The SMILES string of the molecule is COC(=O)c1csc(-c2ccc(N(c3sc4ccc(F)cc4c3C)S(=O)[O-])c(S(C)(=O)=O)c2)n1. The fraction of sp³-hybridized carbons (Fsp3) is 0.143. The number of carbonyl (C=O) groups excluding carboxylic acids is 1. The zero-order valence-corrected chi connectivity index (χ0v) is 21.2. The number of nitrogens with zero attached hydrogens (tertiary/aromatic N) is 2. The van der Waals surface area contributed by atoms with Gasteiger partial charge in [-0.25, -0.2) is 22.6 Å². The summed E-state index contributed by atoms with van der Waals surface area (Å²) in [5, 5.41) is 2.62. The number of thiazole rings is 1. The fourth-order valence-electron chi connectivity index (χ4n) is 3.35. The molecular formula is C21H16FN2O6S4-. The number of esters is 1. The number of hydrogen-bond acceptors (Lipinski definition) is 9. The van der Waals surface area contributed by atoms with Crippen molar-refractivity contribution in [3.8, 4) is 10.6 Å². The third-order valence-electron chi connectivity index (χ3n) is 4.93. The second-order valence-electron chi connectivity index (χ2n) is 7.17. The number of benzene rings is 2. The lowest BCUT2D eigenvalue weighted by Crippen LogP contribution is -2.21. The molecule has 0 saturated heterocycles. The third-order valence-corrected chi connectivity index (χ3v) is 9.00. The fourth-order valence-corrected chi connectivity index (χ4v) is 7.07. The van der Waals surface area contributed by atoms with Gasteiger partial charge in [-0.3, -0.25) is 8.51 Å². The molecule has 1 atom stereocenters. The van der Waals surface area contributed by atoms with Crippen LogP contribution in [0.5, 0.6) is 0 Å². The van der Waals surface area contributed by atoms with Crippen LogP contribution in [0.15, 0.2) is 46.7 Å². The first-order valence-electron chi connectivity index (χ1n) is 9.47. The van der Waals surface area contributed by atoms with Crippen molar-refractivity contribution in [3.05, 3.63) is 58.9 Å². The molecule has 0 N–H and O–H groups in total. The Balaban J connectivity index is 1.90. The first-order chi connectivity index (χ1) is 16.0. The van der Waals surface area contributed by atoms with Gasteiger partial charge in [0.1, 0.15) is 15.8 Å². The van der Waals surface area contributed by atoms with E-state index in [9.17, 15) is 26.4 Å². The van der Waals surface area contributed by atoms with Crippen LogP contribution in [-0.2, 0) is 25.8 Å². The van der Waals surface area contributed by atoms with E-state index in [4.69, 9.17) is 0 Å². The molecule has 0 radical (unpaired) electrons. The predicted octanol–water partition coefficient (Wildman–Crippen LogP) is 4.59. The summed E-state index contributed by atoms with van der Waals surface area (Å²) in [6, 6.07) is 8.32. The lowest BCUT2D eigenvalue weighted by molar-refractivity contribution is 0.0595. The Bertz CT molecular complexity index is 1560. The molecular weight excluding hydrogens is 524 g/mol. The van der Waals surface area contributed by atoms with E-state index >= 15 is 0 Å². The molecule has 0 amide bonds. The van der Waals surface area contributed by atoms with E-state index < -0.39 is 32.9 Å². The lowest BCUT2D eigenvalue weighted by Gasteiger charge is -2.27. The molecule has 1 unspecified atom stereocenters. The molecule has 4 rings (SSSR count). The number of thiophene rings is 1. The standard InChI is InChI=1S/C21H17FN2O6S4/c1-11-14-9-13(22)5-7-17(14)32-20(11)24(33(26)27)16-6-4-12(8-18(16)34(3,28)29)19-23-15(10-31-19)21(25)30-2/h4-10H,1-3H3,(H,26,27)/p-1. The summed E-state index contributed by atoms with van der Waals surface area (Å²) in [6.45, 7) is 1.64. The maximum atomic E-state index is 13.8. The zero-order chi connectivity index (χ0) is 24.8. The Morgan fingerprint density at radius 3 is 2.62 bits per heavy atom. The Morgan fingerprint density at radius 1 is 1.24 bits per heavy atom. The largest absolute Gasteiger partial charge is 0.755 e. The zero-order valence-electron chi connectivity index (χ0n) is 17.9. The maximum absolute atomic E-state index is 13.8. The van der Waals surface area contributed by atoms with Crippen LogP contribution in [0.4, 0.5) is 15.1 Å². The van der Waals surface area contributed by atoms with E-state index in [1.807, 2.05) is 0 Å². The average molecular weight is 540 g/mol. The number of ether oxygens (including phenoxy) is 1. The number of carbonyl (C=O) groups is 1. The predicted molar refractivity (Wildman–Crippen MR) is 130 cm³/mol. The summed E-state index contributed by atoms with van der Waals surface area (Å²) < 4.78 is 70.0. The molecule has 0 aliphatic carbocycles. The van der Waals surface area contributed by atoms with Gasteiger partial charge in [0, 0.05) is 27.3 Å². The van der Waals surface area contributed by atoms with Gasteiger partial charge in [-0.2, -0.15) is 0 Å². The lowest BCUT2D eigenvalue weighted by atomic mass is 10.1. The second-order valence-corrected chi connectivity index (χ2v) is 11.8. The Labute approximate surface area is 205 Å². The molecule has 4 aromatic rings. The quantitative estimate of drug-likeness (QED) is 0.260. The topological polar surface area (TPSA) is 117 Å². The van der Waals surface area contributed by atoms with Crippen molar-refractivity contribution in [3.63, 3.8) is 0 Å². The van der Waals surface area contributed by atoms with Gasteiger partial charge in [0.2, 0.25) is 0 Å². The highest BCUT2D eigenvalue weighted by Gasteiger charge is 2.25. The Kier molecular flexibility index (Phi) is 6.57. The van der Waals surface area contributed by atoms with Gasteiger partial charge in [0.05, 0.1) is 29.0 Å². The van der Waals surface area contributed by atoms with Crippen LogP contribution in [0.2, 0.25) is 0 Å². The van der Waals surface area contributed by atoms with E-state index in [1.165, 1.54) is 42.8 Å². The molecule has 13 heteroatoms. The molecule has 0 spiro atoms. The van der Waals surface area contributed by atoms with Gasteiger partial charge in [-0.05, 0) is 48.9 Å². The molecule has 2 heterocycles. The molecule has 0 aliphatic heterocycles. The molecule has 0 aliphatic rings. The van der Waals surface area contributed by atoms with Crippen LogP contribution in [0.1, 0.15) is 16.1 Å². The van der Waals surface area contributed by atoms with Gasteiger partial charge in [0.15, 0.2) is 15.5 Å². The molecule has 2 aromatic heterocycles. The molecule has 0 fully saturated rings. The molecule has 0 bridgehead atoms. The smallest absolute Gasteiger partial charge is 0.357 e. The van der Waals surface area contributed by atoms with Gasteiger partial charge in [-0.1, -0.05) is 0 Å². The monoisotopic (exact) mass is 539 g/mol. The minimum absolute atomic E-state index is 0.0721. The minimum Gasteiger partial charge on any atom is -0.755 e. The first-order valence-corrected chi connectivity index (χ1v) is 14.1. The number of methoxy groups -OCH3 is 1. The van der Waals surface area contributed by atoms with Crippen molar-refractivity contribution in [2.45, 2.75) is 11.8 Å². The molecule has 34 heavy (non-hydrogen) atoms. The number of hydrogen-bond donors (Lipinski definition) is 0. The number of fused-ring (bicyclic) bond motifs is 1. The van der Waals surface area contributed by atoms with Crippen LogP contribution in [0.3, 0.4) is 0 Å². The van der Waals surface area contributed by atoms with E-state index in [0.29, 0.717) is 26.2 Å². The van der Waals surface area contributed by atoms with Crippen molar-refractivity contribution in [2.24, 2.45) is 0 Å². The summed E-state index contributed by atoms with van der Waals surface area (Å²) in [6.07, 6.45) is 0.969. The van der Waals surface area contributed by atoms with E-state index in [1.54, 1.807) is 13.0 Å². The number of halogens is 1. The number of rotatable bonds is 6. The third kappa shape index (κ3) is 4.49. The van der Waals surface area contributed by atoms with Crippen LogP contribution in [-0.4, -0.2) is 41.5 Å². The van der Waals surface area contributed by atoms with Gasteiger partial charge >= 0.3 is 5.97 Å². The summed E-state index contributed by atoms with van der Waals surface area (Å²) in [5.74, 6) is -1.10. The highest BCUT2D eigenvalue weighted by molar-refractivity contribution is 7.91. The Hall–Kier alpha value is -2.71. The molecule has 0 saturated carbocycles. The minimum atomic E-state index is -3.90. The summed E-state index contributed by atoms with van der Waals surface area (Å²) in [4.78, 5) is 15.6. The van der Waals surface area contributed by atoms with Gasteiger partial charge in [-0.15, -0.1) is 22.7 Å². The van der Waals surface area contributed by atoms with E-state index in [2.05, 4.69) is 9.72 Å². The highest BCUT2D eigenvalue weighted by Crippen LogP contribution is 2.44. The van der Waals surface area contributed by atoms with E-state index in [-0.39, 0.29) is 21.3 Å². The van der Waals surface area contributed by atoms with Crippen LogP contribution >= 0.6 is 22.7 Å². The van der Waals surface area contributed by atoms with E-state index in [0.717, 1.165) is 33.2 Å². The van der Waals surface area contributed by atoms with Crippen molar-refractivity contribution < 1.29 is 31.1 Å². The second kappa shape index (κ2) is 9.15. The molecule has 2 aromatic carbocycles. The molecule has 8 nitrogen and oxygen atoms in total. The summed E-state index contributed by atoms with van der Waals surface area (Å²) >= 11 is -0.669. The van der Waals surface area contributed by atoms with Gasteiger partial charge < -0.3 is 9.29 Å². The van der Waals surface area contributed by atoms with Crippen LogP contribution < -0.4 is 4.31 Å². The van der Waals surface area contributed by atoms with Crippen molar-refractivity contribution in [1.82, 2.24) is 4.98 Å². The number of aryl methyl sites for hydroxylation is 1. The highest BCUT2D eigenvalue weighted by atomic mass is 32.2. The Morgan fingerprint density at radius 2 is 1.97 bits per heavy atom. The maximum Gasteiger partial charge on any atom is 0.357 e. The summed E-state index contributed by atoms with van der Waals surface area (Å²) in [7, 11) is -2.68. The normalized spacial score (nSPS) is 12.6. The first kappa shape index (κ1) is 24.4. The van der Waals surface area contributed by atoms with Crippen molar-refractivity contribution in [2.75, 3.05) is 17.7 Å². The summed E-state index contributed by atoms with van der Waals surface area (Å²) in [5.41, 5.74) is 0.869. The number of anilines is 2. The van der Waals surface area contributed by atoms with Crippen molar-refractivity contribution in [1.29, 1.82) is 0 Å². The molecule has 178 valence electrons. The average Bonchev–Trinajstić information content (AvgIpc) is 3.39. The van der Waals surface area contributed by atoms with Crippen LogP contribution in [0.25, 0.3) is 20.7 Å². The number of sulfone groups is 1. The van der Waals surface area contributed by atoms with Crippen molar-refractivity contribution >= 4 is 70.5 Å². The van der Waals surface area contributed by atoms with Gasteiger partial charge in [0.25, 0.3) is 0 Å². The number of aromatic nitrogens is 1. The van der Waals surface area contributed by atoms with Crippen LogP contribution in [0, 0.1) is 12.7 Å².